The van der Waals surface area contributed by atoms with Crippen molar-refractivity contribution in [3.8, 4) is 5.75 Å². The zero-order chi connectivity index (χ0) is 13.7. The van der Waals surface area contributed by atoms with Gasteiger partial charge in [-0.25, -0.2) is 0 Å². The smallest absolute Gasteiger partial charge is 0.120 e. The highest BCUT2D eigenvalue weighted by atomic mass is 32.1. The maximum absolute atomic E-state index is 5.34. The Morgan fingerprint density at radius 3 is 2.47 bits per heavy atom. The number of unbranched alkanes of at least 4 members (excludes halogenated alkanes) is 2. The van der Waals surface area contributed by atoms with Crippen molar-refractivity contribution >= 4 is 21.4 Å². The molecule has 1 heterocycles. The minimum Gasteiger partial charge on any atom is -0.497 e. The molecule has 0 amide bonds. The summed E-state index contributed by atoms with van der Waals surface area (Å²) in [6.45, 7) is 4.53. The van der Waals surface area contributed by atoms with Gasteiger partial charge < -0.3 is 4.74 Å². The van der Waals surface area contributed by atoms with E-state index in [1.54, 1.807) is 17.6 Å². The van der Waals surface area contributed by atoms with E-state index in [1.807, 2.05) is 11.3 Å². The van der Waals surface area contributed by atoms with Gasteiger partial charge in [0.25, 0.3) is 0 Å². The Morgan fingerprint density at radius 1 is 1.05 bits per heavy atom. The van der Waals surface area contributed by atoms with Crippen molar-refractivity contribution in [2.75, 3.05) is 7.11 Å². The van der Waals surface area contributed by atoms with Crippen LogP contribution in [0.5, 0.6) is 5.75 Å². The molecule has 0 spiro atoms. The summed E-state index contributed by atoms with van der Waals surface area (Å²) in [4.78, 5) is 1.60. The molecule has 0 saturated heterocycles. The molecule has 0 aliphatic carbocycles. The van der Waals surface area contributed by atoms with Crippen LogP contribution < -0.4 is 4.74 Å². The molecule has 0 aliphatic heterocycles. The highest BCUT2D eigenvalue weighted by Gasteiger charge is 2.12. The largest absolute Gasteiger partial charge is 0.497 e. The summed E-state index contributed by atoms with van der Waals surface area (Å²) in [5.74, 6) is 0.970. The SMILES string of the molecule is CCCCc1sc2cc(OC)ccc2c1CCCC. The summed E-state index contributed by atoms with van der Waals surface area (Å²) in [5, 5.41) is 1.45. The third-order valence-electron chi connectivity index (χ3n) is 3.62. The van der Waals surface area contributed by atoms with Gasteiger partial charge in [0, 0.05) is 9.58 Å². The summed E-state index contributed by atoms with van der Waals surface area (Å²) in [6.07, 6.45) is 7.57. The van der Waals surface area contributed by atoms with Gasteiger partial charge in [0.05, 0.1) is 7.11 Å². The number of ether oxygens (including phenoxy) is 1. The van der Waals surface area contributed by atoms with E-state index in [1.165, 1.54) is 48.6 Å². The standard InChI is InChI=1S/C17H24OS/c1-4-6-8-14-15-11-10-13(18-3)12-17(15)19-16(14)9-7-5-2/h10-12H,4-9H2,1-3H3. The maximum atomic E-state index is 5.34. The Morgan fingerprint density at radius 2 is 1.79 bits per heavy atom. The number of thiophene rings is 1. The fraction of sp³-hybridized carbons (Fsp3) is 0.529. The molecule has 0 bridgehead atoms. The van der Waals surface area contributed by atoms with Crippen molar-refractivity contribution in [1.82, 2.24) is 0 Å². The summed E-state index contributed by atoms with van der Waals surface area (Å²) in [6, 6.07) is 6.52. The lowest BCUT2D eigenvalue weighted by Gasteiger charge is -2.04. The molecule has 0 aliphatic rings. The third kappa shape index (κ3) is 3.30. The fourth-order valence-corrected chi connectivity index (χ4v) is 3.80. The first kappa shape index (κ1) is 14.4. The van der Waals surface area contributed by atoms with Gasteiger partial charge in [-0.15, -0.1) is 11.3 Å². The molecule has 2 heteroatoms. The topological polar surface area (TPSA) is 9.23 Å². The molecule has 0 N–H and O–H groups in total. The van der Waals surface area contributed by atoms with E-state index in [0.717, 1.165) is 5.75 Å². The van der Waals surface area contributed by atoms with Crippen LogP contribution in [0, 0.1) is 0 Å². The first-order valence-electron chi connectivity index (χ1n) is 7.38. The number of hydrogen-bond donors (Lipinski definition) is 0. The van der Waals surface area contributed by atoms with E-state index >= 15 is 0 Å². The molecule has 2 rings (SSSR count). The highest BCUT2D eigenvalue weighted by Crippen LogP contribution is 2.35. The first-order chi connectivity index (χ1) is 9.30. The summed E-state index contributed by atoms with van der Waals surface area (Å²) in [7, 11) is 1.74. The van der Waals surface area contributed by atoms with Crippen LogP contribution >= 0.6 is 11.3 Å². The number of methoxy groups -OCH3 is 1. The van der Waals surface area contributed by atoms with E-state index in [4.69, 9.17) is 4.74 Å². The van der Waals surface area contributed by atoms with E-state index in [2.05, 4.69) is 32.0 Å². The van der Waals surface area contributed by atoms with Crippen molar-refractivity contribution in [3.05, 3.63) is 28.6 Å². The average molecular weight is 276 g/mol. The molecular formula is C17H24OS. The lowest BCUT2D eigenvalue weighted by atomic mass is 10.0. The van der Waals surface area contributed by atoms with E-state index < -0.39 is 0 Å². The number of aryl methyl sites for hydroxylation is 2. The monoisotopic (exact) mass is 276 g/mol. The molecule has 104 valence electrons. The molecule has 19 heavy (non-hydrogen) atoms. The molecule has 1 aromatic carbocycles. The second-order valence-electron chi connectivity index (χ2n) is 5.07. The van der Waals surface area contributed by atoms with E-state index in [-0.39, 0.29) is 0 Å². The molecule has 0 atom stereocenters. The molecule has 1 aromatic heterocycles. The van der Waals surface area contributed by atoms with Crippen LogP contribution in [0.15, 0.2) is 18.2 Å². The first-order valence-corrected chi connectivity index (χ1v) is 8.20. The zero-order valence-corrected chi connectivity index (χ0v) is 13.1. The van der Waals surface area contributed by atoms with Crippen LogP contribution in [0.4, 0.5) is 0 Å². The van der Waals surface area contributed by atoms with Crippen LogP contribution in [-0.4, -0.2) is 7.11 Å². The van der Waals surface area contributed by atoms with Gasteiger partial charge in [-0.1, -0.05) is 26.7 Å². The van der Waals surface area contributed by atoms with Crippen molar-refractivity contribution < 1.29 is 4.74 Å². The summed E-state index contributed by atoms with van der Waals surface area (Å²) in [5.41, 5.74) is 1.60. The lowest BCUT2D eigenvalue weighted by molar-refractivity contribution is 0.415. The molecule has 0 saturated carbocycles. The van der Waals surface area contributed by atoms with Gasteiger partial charge in [0.1, 0.15) is 5.75 Å². The third-order valence-corrected chi connectivity index (χ3v) is 4.88. The minimum atomic E-state index is 0.970. The van der Waals surface area contributed by atoms with E-state index in [9.17, 15) is 0 Å². The maximum Gasteiger partial charge on any atom is 0.120 e. The van der Waals surface area contributed by atoms with Gasteiger partial charge in [-0.2, -0.15) is 0 Å². The summed E-state index contributed by atoms with van der Waals surface area (Å²) < 4.78 is 6.73. The van der Waals surface area contributed by atoms with Crippen LogP contribution in [0.25, 0.3) is 10.1 Å². The van der Waals surface area contributed by atoms with Crippen LogP contribution in [0.2, 0.25) is 0 Å². The molecule has 1 nitrogen and oxygen atoms in total. The van der Waals surface area contributed by atoms with Crippen molar-refractivity contribution in [2.24, 2.45) is 0 Å². The van der Waals surface area contributed by atoms with Crippen LogP contribution in [0.3, 0.4) is 0 Å². The Bertz CT molecular complexity index is 527. The van der Waals surface area contributed by atoms with Crippen LogP contribution in [0.1, 0.15) is 50.0 Å². The average Bonchev–Trinajstić information content (AvgIpc) is 2.79. The highest BCUT2D eigenvalue weighted by molar-refractivity contribution is 7.19. The van der Waals surface area contributed by atoms with Gasteiger partial charge in [-0.3, -0.25) is 0 Å². The van der Waals surface area contributed by atoms with Crippen molar-refractivity contribution in [1.29, 1.82) is 0 Å². The van der Waals surface area contributed by atoms with Gasteiger partial charge >= 0.3 is 0 Å². The van der Waals surface area contributed by atoms with Crippen LogP contribution in [-0.2, 0) is 12.8 Å². The quantitative estimate of drug-likeness (QED) is 0.640. The number of rotatable bonds is 7. The second-order valence-corrected chi connectivity index (χ2v) is 6.21. The second kappa shape index (κ2) is 6.95. The zero-order valence-electron chi connectivity index (χ0n) is 12.3. The lowest BCUT2D eigenvalue weighted by Crippen LogP contribution is -1.90. The van der Waals surface area contributed by atoms with E-state index in [0.29, 0.717) is 0 Å². The molecule has 0 radical (unpaired) electrons. The fourth-order valence-electron chi connectivity index (χ4n) is 2.47. The van der Waals surface area contributed by atoms with Gasteiger partial charge in [0.2, 0.25) is 0 Å². The molecule has 0 unspecified atom stereocenters. The number of benzene rings is 1. The Hall–Kier alpha value is -1.02. The molecule has 0 fully saturated rings. The van der Waals surface area contributed by atoms with Gasteiger partial charge in [-0.05, 0) is 54.8 Å². The minimum absolute atomic E-state index is 0.970. The Kier molecular flexibility index (Phi) is 5.26. The molecule has 2 aromatic rings. The predicted octanol–water partition coefficient (Wildman–Crippen LogP) is 5.60. The van der Waals surface area contributed by atoms with Crippen molar-refractivity contribution in [3.63, 3.8) is 0 Å². The van der Waals surface area contributed by atoms with Crippen molar-refractivity contribution in [2.45, 2.75) is 52.4 Å². The number of fused-ring (bicyclic) bond motifs is 1. The predicted molar refractivity (Wildman–Crippen MR) is 85.6 cm³/mol. The molecular weight excluding hydrogens is 252 g/mol. The Labute approximate surface area is 120 Å². The summed E-state index contributed by atoms with van der Waals surface area (Å²) >= 11 is 1.96. The number of hydrogen-bond acceptors (Lipinski definition) is 2. The Balaban J connectivity index is 2.39. The van der Waals surface area contributed by atoms with Gasteiger partial charge in [0.15, 0.2) is 0 Å². The normalized spacial score (nSPS) is 11.1.